The minimum absolute atomic E-state index is 0.191. The minimum atomic E-state index is 0.191. The Morgan fingerprint density at radius 3 is 1.87 bits per heavy atom. The van der Waals surface area contributed by atoms with Gasteiger partial charge in [0.1, 0.15) is 0 Å². The summed E-state index contributed by atoms with van der Waals surface area (Å²) in [4.78, 5) is 2.64. The molecule has 136 valence electrons. The van der Waals surface area contributed by atoms with Gasteiger partial charge in [0.2, 0.25) is 0 Å². The molecule has 0 amide bonds. The lowest BCUT2D eigenvalue weighted by Gasteiger charge is -2.42. The van der Waals surface area contributed by atoms with Crippen LogP contribution < -0.4 is 16.4 Å². The number of rotatable bonds is 5. The topological polar surface area (TPSA) is 53.3 Å². The molecule has 1 saturated carbocycles. The summed E-state index contributed by atoms with van der Waals surface area (Å²) in [5.41, 5.74) is 6.45. The number of nitrogens with zero attached hydrogens (tertiary/aromatic N) is 1. The van der Waals surface area contributed by atoms with Crippen LogP contribution in [0.25, 0.3) is 0 Å². The van der Waals surface area contributed by atoms with E-state index in [1.54, 1.807) is 0 Å². The first-order valence-electron chi connectivity index (χ1n) is 9.66. The highest BCUT2D eigenvalue weighted by atomic mass is 15.2. The van der Waals surface area contributed by atoms with Crippen LogP contribution in [0.1, 0.15) is 73.1 Å². The number of piperidine rings is 1. The van der Waals surface area contributed by atoms with Crippen molar-refractivity contribution in [3.8, 4) is 0 Å². The van der Waals surface area contributed by atoms with Crippen molar-refractivity contribution in [2.24, 2.45) is 5.73 Å². The van der Waals surface area contributed by atoms with Gasteiger partial charge in [-0.15, -0.1) is 0 Å². The van der Waals surface area contributed by atoms with Gasteiger partial charge < -0.3 is 21.3 Å². The van der Waals surface area contributed by atoms with E-state index in [1.807, 2.05) is 0 Å². The van der Waals surface area contributed by atoms with Crippen LogP contribution in [0.3, 0.4) is 0 Å². The molecule has 0 spiro atoms. The van der Waals surface area contributed by atoms with Gasteiger partial charge in [0, 0.05) is 35.7 Å². The largest absolute Gasteiger partial charge is 0.328 e. The van der Waals surface area contributed by atoms with Crippen LogP contribution >= 0.6 is 0 Å². The molecular weight excluding hydrogens is 284 g/mol. The van der Waals surface area contributed by atoms with Crippen molar-refractivity contribution in [1.29, 1.82) is 0 Å². The smallest absolute Gasteiger partial charge is 0.0254 e. The van der Waals surface area contributed by atoms with Crippen LogP contribution in [0.15, 0.2) is 0 Å². The first-order valence-corrected chi connectivity index (χ1v) is 9.66. The highest BCUT2D eigenvalue weighted by Crippen LogP contribution is 2.21. The standard InChI is InChI=1S/C19H40N4/c1-18(2,3)21-17-10-12-23(13-11-17)14-19(4,5)22-16-8-6-15(20)7-9-16/h15-17,21-22H,6-14,20H2,1-5H3/t15-,16-. The van der Waals surface area contributed by atoms with Gasteiger partial charge in [-0.2, -0.15) is 0 Å². The summed E-state index contributed by atoms with van der Waals surface area (Å²) in [7, 11) is 0. The summed E-state index contributed by atoms with van der Waals surface area (Å²) < 4.78 is 0. The lowest BCUT2D eigenvalue weighted by molar-refractivity contribution is 0.134. The molecular formula is C19H40N4. The normalized spacial score (nSPS) is 29.0. The molecule has 4 heteroatoms. The molecule has 0 atom stereocenters. The number of nitrogens with one attached hydrogen (secondary N) is 2. The van der Waals surface area contributed by atoms with Gasteiger partial charge in [0.05, 0.1) is 0 Å². The molecule has 1 heterocycles. The first-order chi connectivity index (χ1) is 10.6. The fraction of sp³-hybridized carbons (Fsp3) is 1.00. The Morgan fingerprint density at radius 2 is 1.35 bits per heavy atom. The minimum Gasteiger partial charge on any atom is -0.328 e. The third-order valence-corrected chi connectivity index (χ3v) is 5.21. The second-order valence-corrected chi connectivity index (χ2v) is 9.58. The molecule has 2 rings (SSSR count). The Kier molecular flexibility index (Phi) is 6.51. The van der Waals surface area contributed by atoms with E-state index in [0.29, 0.717) is 18.1 Å². The van der Waals surface area contributed by atoms with E-state index in [9.17, 15) is 0 Å². The number of hydrogen-bond donors (Lipinski definition) is 3. The lowest BCUT2D eigenvalue weighted by atomic mass is 9.89. The van der Waals surface area contributed by atoms with E-state index in [0.717, 1.165) is 6.54 Å². The third kappa shape index (κ3) is 7.08. The van der Waals surface area contributed by atoms with Gasteiger partial charge in [-0.3, -0.25) is 0 Å². The second kappa shape index (κ2) is 7.81. The zero-order valence-corrected chi connectivity index (χ0v) is 16.1. The van der Waals surface area contributed by atoms with Gasteiger partial charge in [-0.05, 0) is 86.2 Å². The highest BCUT2D eigenvalue weighted by Gasteiger charge is 2.29. The van der Waals surface area contributed by atoms with E-state index in [2.05, 4.69) is 50.2 Å². The molecule has 1 saturated heterocycles. The summed E-state index contributed by atoms with van der Waals surface area (Å²) in [5, 5.41) is 7.66. The molecule has 0 aromatic heterocycles. The molecule has 2 aliphatic rings. The van der Waals surface area contributed by atoms with Crippen molar-refractivity contribution in [2.75, 3.05) is 19.6 Å². The predicted molar refractivity (Wildman–Crippen MR) is 99.8 cm³/mol. The van der Waals surface area contributed by atoms with Crippen LogP contribution in [-0.4, -0.2) is 53.7 Å². The Balaban J connectivity index is 1.72. The summed E-state index contributed by atoms with van der Waals surface area (Å²) in [6.45, 7) is 15.1. The average molecular weight is 325 g/mol. The fourth-order valence-electron chi connectivity index (χ4n) is 4.27. The molecule has 4 nitrogen and oxygen atoms in total. The van der Waals surface area contributed by atoms with E-state index in [-0.39, 0.29) is 11.1 Å². The van der Waals surface area contributed by atoms with Crippen molar-refractivity contribution in [3.63, 3.8) is 0 Å². The maximum absolute atomic E-state index is 6.02. The molecule has 0 aromatic carbocycles. The van der Waals surface area contributed by atoms with Gasteiger partial charge in [0.15, 0.2) is 0 Å². The van der Waals surface area contributed by atoms with Crippen molar-refractivity contribution in [3.05, 3.63) is 0 Å². The average Bonchev–Trinajstić information content (AvgIpc) is 2.41. The molecule has 0 aromatic rings. The third-order valence-electron chi connectivity index (χ3n) is 5.21. The summed E-state index contributed by atoms with van der Waals surface area (Å²) in [6, 6.07) is 1.78. The zero-order valence-electron chi connectivity index (χ0n) is 16.1. The first kappa shape index (κ1) is 19.2. The molecule has 4 N–H and O–H groups in total. The lowest BCUT2D eigenvalue weighted by Crippen LogP contribution is -2.56. The monoisotopic (exact) mass is 324 g/mol. The van der Waals surface area contributed by atoms with Crippen LogP contribution in [0.5, 0.6) is 0 Å². The van der Waals surface area contributed by atoms with Gasteiger partial charge >= 0.3 is 0 Å². The van der Waals surface area contributed by atoms with E-state index in [4.69, 9.17) is 5.73 Å². The predicted octanol–water partition coefficient (Wildman–Crippen LogP) is 2.48. The summed E-state index contributed by atoms with van der Waals surface area (Å²) >= 11 is 0. The van der Waals surface area contributed by atoms with E-state index >= 15 is 0 Å². The highest BCUT2D eigenvalue weighted by molar-refractivity contribution is 4.91. The van der Waals surface area contributed by atoms with Crippen molar-refractivity contribution >= 4 is 0 Å². The quantitative estimate of drug-likeness (QED) is 0.727. The van der Waals surface area contributed by atoms with E-state index in [1.165, 1.54) is 51.6 Å². The maximum Gasteiger partial charge on any atom is 0.0254 e. The van der Waals surface area contributed by atoms with Crippen LogP contribution in [-0.2, 0) is 0 Å². The number of likely N-dealkylation sites (tertiary alicyclic amines) is 1. The van der Waals surface area contributed by atoms with Crippen molar-refractivity contribution in [2.45, 2.75) is 102 Å². The molecule has 0 bridgehead atoms. The molecule has 2 fully saturated rings. The Labute approximate surface area is 143 Å². The van der Waals surface area contributed by atoms with Gasteiger partial charge in [-0.1, -0.05) is 0 Å². The maximum atomic E-state index is 6.02. The second-order valence-electron chi connectivity index (χ2n) is 9.58. The summed E-state index contributed by atoms with van der Waals surface area (Å²) in [6.07, 6.45) is 7.37. The Morgan fingerprint density at radius 1 is 0.826 bits per heavy atom. The molecule has 1 aliphatic heterocycles. The Hall–Kier alpha value is -0.160. The van der Waals surface area contributed by atoms with Gasteiger partial charge in [0.25, 0.3) is 0 Å². The SMILES string of the molecule is CC(C)(C)NC1CCN(CC(C)(C)N[C@H]2CC[C@H](N)CC2)CC1. The van der Waals surface area contributed by atoms with E-state index < -0.39 is 0 Å². The summed E-state index contributed by atoms with van der Waals surface area (Å²) in [5.74, 6) is 0. The molecule has 0 radical (unpaired) electrons. The molecule has 0 unspecified atom stereocenters. The number of hydrogen-bond acceptors (Lipinski definition) is 4. The Bertz CT molecular complexity index is 345. The molecule has 23 heavy (non-hydrogen) atoms. The van der Waals surface area contributed by atoms with Crippen molar-refractivity contribution in [1.82, 2.24) is 15.5 Å². The molecule has 1 aliphatic carbocycles. The van der Waals surface area contributed by atoms with Crippen molar-refractivity contribution < 1.29 is 0 Å². The van der Waals surface area contributed by atoms with Crippen LogP contribution in [0, 0.1) is 0 Å². The zero-order chi connectivity index (χ0) is 17.1. The van der Waals surface area contributed by atoms with Crippen LogP contribution in [0.2, 0.25) is 0 Å². The van der Waals surface area contributed by atoms with Gasteiger partial charge in [-0.25, -0.2) is 0 Å². The number of nitrogens with two attached hydrogens (primary N) is 1. The fourth-order valence-corrected chi connectivity index (χ4v) is 4.27. The van der Waals surface area contributed by atoms with Crippen LogP contribution in [0.4, 0.5) is 0 Å².